The predicted molar refractivity (Wildman–Crippen MR) is 198 cm³/mol. The standard InChI is InChI=1S/C43H70O3/c1-3-5-7-9-11-13-15-17-19-21-23-25-27-29-39-31-35-41(36-32-39)45-43(44)46-42-37-33-40(34-38-42)30-28-26-24-22-20-18-16-14-12-10-8-6-4-2/h31-38H,3-30H2,1-2H3. The molecule has 0 aliphatic rings. The largest absolute Gasteiger partial charge is 0.519 e. The molecule has 3 nitrogen and oxygen atoms in total. The number of hydrogen-bond donors (Lipinski definition) is 0. The number of carbonyl (C=O) groups is 1. The first-order chi connectivity index (χ1) is 22.7. The number of unbranched alkanes of at least 4 members (excludes halogenated alkanes) is 24. The number of ether oxygens (including phenoxy) is 2. The maximum absolute atomic E-state index is 12.3. The van der Waals surface area contributed by atoms with Gasteiger partial charge in [0.25, 0.3) is 0 Å². The van der Waals surface area contributed by atoms with Crippen LogP contribution in [0.15, 0.2) is 48.5 Å². The molecule has 2 aromatic rings. The first-order valence-corrected chi connectivity index (χ1v) is 19.8. The van der Waals surface area contributed by atoms with Gasteiger partial charge in [0.2, 0.25) is 0 Å². The fraction of sp³-hybridized carbons (Fsp3) is 0.698. The van der Waals surface area contributed by atoms with E-state index in [4.69, 9.17) is 9.47 Å². The van der Waals surface area contributed by atoms with E-state index in [9.17, 15) is 4.79 Å². The van der Waals surface area contributed by atoms with Crippen molar-refractivity contribution in [1.82, 2.24) is 0 Å². The summed E-state index contributed by atoms with van der Waals surface area (Å²) < 4.78 is 10.8. The maximum Gasteiger partial charge on any atom is 0.519 e. The Balaban J connectivity index is 1.45. The summed E-state index contributed by atoms with van der Waals surface area (Å²) in [4.78, 5) is 12.3. The van der Waals surface area contributed by atoms with Crippen LogP contribution in [0.2, 0.25) is 0 Å². The van der Waals surface area contributed by atoms with E-state index in [0.717, 1.165) is 12.8 Å². The molecule has 0 heterocycles. The Morgan fingerprint density at radius 1 is 0.370 bits per heavy atom. The minimum atomic E-state index is -0.687. The van der Waals surface area contributed by atoms with Gasteiger partial charge in [-0.3, -0.25) is 0 Å². The van der Waals surface area contributed by atoms with Crippen molar-refractivity contribution in [3.05, 3.63) is 59.7 Å². The quantitative estimate of drug-likeness (QED) is 0.0487. The first-order valence-electron chi connectivity index (χ1n) is 19.8. The van der Waals surface area contributed by atoms with Gasteiger partial charge in [0.05, 0.1) is 0 Å². The minimum Gasteiger partial charge on any atom is -0.395 e. The van der Waals surface area contributed by atoms with Gasteiger partial charge in [-0.1, -0.05) is 192 Å². The summed E-state index contributed by atoms with van der Waals surface area (Å²) in [7, 11) is 0. The van der Waals surface area contributed by atoms with Crippen LogP contribution in [-0.2, 0) is 12.8 Å². The van der Waals surface area contributed by atoms with Gasteiger partial charge in [0.15, 0.2) is 0 Å². The number of benzene rings is 2. The van der Waals surface area contributed by atoms with Crippen molar-refractivity contribution in [2.45, 2.75) is 194 Å². The fourth-order valence-electron chi connectivity index (χ4n) is 6.36. The van der Waals surface area contributed by atoms with E-state index in [-0.39, 0.29) is 0 Å². The van der Waals surface area contributed by atoms with Crippen LogP contribution in [0.25, 0.3) is 0 Å². The molecular formula is C43H70O3. The molecule has 0 aliphatic heterocycles. The van der Waals surface area contributed by atoms with Crippen LogP contribution in [0.5, 0.6) is 11.5 Å². The van der Waals surface area contributed by atoms with E-state index in [2.05, 4.69) is 38.1 Å². The second-order valence-electron chi connectivity index (χ2n) is 13.7. The second kappa shape index (κ2) is 28.9. The summed E-state index contributed by atoms with van der Waals surface area (Å²) in [5.41, 5.74) is 2.59. The van der Waals surface area contributed by atoms with Gasteiger partial charge < -0.3 is 9.47 Å². The average Bonchev–Trinajstić information content (AvgIpc) is 3.07. The van der Waals surface area contributed by atoms with Crippen LogP contribution in [0.1, 0.15) is 192 Å². The third-order valence-corrected chi connectivity index (χ3v) is 9.39. The molecule has 0 N–H and O–H groups in total. The lowest BCUT2D eigenvalue weighted by molar-refractivity contribution is 0.152. The van der Waals surface area contributed by atoms with Gasteiger partial charge in [0, 0.05) is 0 Å². The number of rotatable bonds is 30. The van der Waals surface area contributed by atoms with E-state index in [0.29, 0.717) is 11.5 Å². The average molecular weight is 635 g/mol. The molecule has 2 rings (SSSR count). The van der Waals surface area contributed by atoms with Crippen molar-refractivity contribution in [3.8, 4) is 11.5 Å². The second-order valence-corrected chi connectivity index (χ2v) is 13.7. The molecular weight excluding hydrogens is 564 g/mol. The minimum absolute atomic E-state index is 0.526. The lowest BCUT2D eigenvalue weighted by Gasteiger charge is -2.08. The summed E-state index contributed by atoms with van der Waals surface area (Å²) >= 11 is 0. The predicted octanol–water partition coefficient (Wildman–Crippen LogP) is 14.5. The molecule has 0 saturated heterocycles. The molecule has 2 aromatic carbocycles. The Morgan fingerprint density at radius 2 is 0.609 bits per heavy atom. The SMILES string of the molecule is CCCCCCCCCCCCCCCc1ccc(OC(=O)Oc2ccc(CCCCCCCCCCCCCCC)cc2)cc1. The third-order valence-electron chi connectivity index (χ3n) is 9.39. The van der Waals surface area contributed by atoms with Crippen LogP contribution in [0, 0.1) is 0 Å². The molecule has 0 saturated carbocycles. The maximum atomic E-state index is 12.3. The third kappa shape index (κ3) is 22.3. The van der Waals surface area contributed by atoms with E-state index in [1.54, 1.807) is 0 Å². The zero-order valence-corrected chi connectivity index (χ0v) is 30.1. The number of carbonyl (C=O) groups excluding carboxylic acids is 1. The molecule has 0 amide bonds. The molecule has 3 heteroatoms. The number of aryl methyl sites for hydroxylation is 2. The van der Waals surface area contributed by atoms with Crippen molar-refractivity contribution < 1.29 is 14.3 Å². The highest BCUT2D eigenvalue weighted by atomic mass is 16.7. The summed E-state index contributed by atoms with van der Waals surface area (Å²) in [6, 6.07) is 15.7. The molecule has 260 valence electrons. The van der Waals surface area contributed by atoms with Gasteiger partial charge in [-0.15, -0.1) is 0 Å². The highest BCUT2D eigenvalue weighted by molar-refractivity contribution is 5.67. The lowest BCUT2D eigenvalue weighted by Crippen LogP contribution is -2.13. The van der Waals surface area contributed by atoms with E-state index >= 15 is 0 Å². The zero-order chi connectivity index (χ0) is 32.8. The molecule has 46 heavy (non-hydrogen) atoms. The summed E-state index contributed by atoms with van der Waals surface area (Å²) in [6.45, 7) is 4.57. The van der Waals surface area contributed by atoms with Crippen molar-refractivity contribution in [3.63, 3.8) is 0 Å². The van der Waals surface area contributed by atoms with Crippen LogP contribution in [0.3, 0.4) is 0 Å². The Morgan fingerprint density at radius 3 is 0.870 bits per heavy atom. The first kappa shape index (κ1) is 39.9. The Hall–Kier alpha value is -2.29. The molecule has 0 bridgehead atoms. The van der Waals surface area contributed by atoms with E-state index < -0.39 is 6.16 Å². The van der Waals surface area contributed by atoms with Gasteiger partial charge in [0.1, 0.15) is 11.5 Å². The monoisotopic (exact) mass is 635 g/mol. The lowest BCUT2D eigenvalue weighted by atomic mass is 10.0. The zero-order valence-electron chi connectivity index (χ0n) is 30.1. The van der Waals surface area contributed by atoms with E-state index in [1.165, 1.54) is 178 Å². The molecule has 0 unspecified atom stereocenters. The molecule has 0 aliphatic carbocycles. The summed E-state index contributed by atoms with van der Waals surface area (Å²) in [6.07, 6.45) is 37.2. The van der Waals surface area contributed by atoms with Crippen LogP contribution in [-0.4, -0.2) is 6.16 Å². The Bertz CT molecular complexity index is 872. The smallest absolute Gasteiger partial charge is 0.395 e. The molecule has 0 aromatic heterocycles. The Labute approximate surface area is 284 Å². The van der Waals surface area contributed by atoms with Crippen LogP contribution < -0.4 is 9.47 Å². The molecule has 0 radical (unpaired) electrons. The van der Waals surface area contributed by atoms with Crippen molar-refractivity contribution in [2.24, 2.45) is 0 Å². The molecule has 0 atom stereocenters. The molecule has 0 fully saturated rings. The highest BCUT2D eigenvalue weighted by Crippen LogP contribution is 2.19. The van der Waals surface area contributed by atoms with Gasteiger partial charge in [-0.2, -0.15) is 0 Å². The van der Waals surface area contributed by atoms with Crippen molar-refractivity contribution >= 4 is 6.16 Å². The fourth-order valence-corrected chi connectivity index (χ4v) is 6.36. The topological polar surface area (TPSA) is 35.5 Å². The normalized spacial score (nSPS) is 11.2. The Kier molecular flexibility index (Phi) is 25.1. The number of hydrogen-bond acceptors (Lipinski definition) is 3. The van der Waals surface area contributed by atoms with Gasteiger partial charge in [-0.25, -0.2) is 4.79 Å². The van der Waals surface area contributed by atoms with Crippen LogP contribution in [0.4, 0.5) is 4.79 Å². The van der Waals surface area contributed by atoms with Crippen molar-refractivity contribution in [2.75, 3.05) is 0 Å². The summed E-state index contributed by atoms with van der Waals surface area (Å²) in [5.74, 6) is 1.05. The molecule has 0 spiro atoms. The summed E-state index contributed by atoms with van der Waals surface area (Å²) in [5, 5.41) is 0. The van der Waals surface area contributed by atoms with Crippen LogP contribution >= 0.6 is 0 Å². The van der Waals surface area contributed by atoms with E-state index in [1.807, 2.05) is 24.3 Å². The van der Waals surface area contributed by atoms with Crippen molar-refractivity contribution in [1.29, 1.82) is 0 Å². The van der Waals surface area contributed by atoms with Gasteiger partial charge in [-0.05, 0) is 61.1 Å². The van der Waals surface area contributed by atoms with Gasteiger partial charge >= 0.3 is 6.16 Å². The highest BCUT2D eigenvalue weighted by Gasteiger charge is 2.08.